The molecule has 2 N–H and O–H groups in total. The molecular formula is C21H26N2O2. The van der Waals surface area contributed by atoms with Gasteiger partial charge in [-0.3, -0.25) is 9.59 Å². The fraction of sp³-hybridized carbons (Fsp3) is 0.333. The third-order valence-corrected chi connectivity index (χ3v) is 4.22. The molecule has 0 spiro atoms. The number of nitrogens with one attached hydrogen (secondary N) is 2. The van der Waals surface area contributed by atoms with E-state index >= 15 is 0 Å². The lowest BCUT2D eigenvalue weighted by molar-refractivity contribution is 0.0911. The molecule has 0 aliphatic carbocycles. The lowest BCUT2D eigenvalue weighted by atomic mass is 10.0. The lowest BCUT2D eigenvalue weighted by Gasteiger charge is -2.16. The van der Waals surface area contributed by atoms with E-state index in [-0.39, 0.29) is 17.9 Å². The van der Waals surface area contributed by atoms with Crippen LogP contribution in [0.2, 0.25) is 0 Å². The molecule has 0 radical (unpaired) electrons. The largest absolute Gasteiger partial charge is 0.350 e. The smallest absolute Gasteiger partial charge is 0.251 e. The first-order chi connectivity index (χ1) is 11.8. The second-order valence-electron chi connectivity index (χ2n) is 6.72. The molecule has 1 atom stereocenters. The Morgan fingerprint density at radius 1 is 0.840 bits per heavy atom. The molecule has 0 aliphatic rings. The third-order valence-electron chi connectivity index (χ3n) is 4.22. The van der Waals surface area contributed by atoms with Crippen molar-refractivity contribution in [3.63, 3.8) is 0 Å². The van der Waals surface area contributed by atoms with Crippen molar-refractivity contribution >= 4 is 11.8 Å². The Morgan fingerprint density at radius 3 is 1.84 bits per heavy atom. The quantitative estimate of drug-likeness (QED) is 0.877. The molecule has 0 aromatic heterocycles. The maximum Gasteiger partial charge on any atom is 0.251 e. The summed E-state index contributed by atoms with van der Waals surface area (Å²) in [5.74, 6) is -0.233. The first kappa shape index (κ1) is 18.7. The van der Waals surface area contributed by atoms with E-state index in [1.165, 1.54) is 0 Å². The van der Waals surface area contributed by atoms with E-state index in [9.17, 15) is 9.59 Å². The fourth-order valence-electron chi connectivity index (χ4n) is 2.65. The number of carbonyl (C=O) groups is 2. The van der Waals surface area contributed by atoms with Crippen LogP contribution in [-0.2, 0) is 0 Å². The summed E-state index contributed by atoms with van der Waals surface area (Å²) in [6.45, 7) is 10.0. The van der Waals surface area contributed by atoms with Crippen molar-refractivity contribution < 1.29 is 9.59 Å². The molecule has 2 aromatic carbocycles. The molecule has 2 amide bonds. The summed E-state index contributed by atoms with van der Waals surface area (Å²) in [6, 6.07) is 11.4. The number of hydrogen-bond donors (Lipinski definition) is 2. The van der Waals surface area contributed by atoms with Crippen molar-refractivity contribution in [2.75, 3.05) is 6.54 Å². The summed E-state index contributed by atoms with van der Waals surface area (Å²) in [7, 11) is 0. The minimum Gasteiger partial charge on any atom is -0.350 e. The average Bonchev–Trinajstić information content (AvgIpc) is 2.57. The van der Waals surface area contributed by atoms with E-state index in [1.54, 1.807) is 0 Å². The zero-order valence-electron chi connectivity index (χ0n) is 15.6. The van der Waals surface area contributed by atoms with E-state index < -0.39 is 0 Å². The first-order valence-electron chi connectivity index (χ1n) is 8.51. The standard InChI is InChI=1S/C21H26N2O2/c1-13-6-8-15(3)18(10-13)20(24)22-12-17(5)23-21(25)19-11-14(2)7-9-16(19)4/h6-11,17H,12H2,1-5H3,(H,22,24)(H,23,25)/t17-/m1/s1. The number of rotatable bonds is 5. The van der Waals surface area contributed by atoms with E-state index in [2.05, 4.69) is 10.6 Å². The van der Waals surface area contributed by atoms with Crippen LogP contribution in [0.25, 0.3) is 0 Å². The summed E-state index contributed by atoms with van der Waals surface area (Å²) in [5, 5.41) is 5.84. The molecule has 0 saturated carbocycles. The Hall–Kier alpha value is -2.62. The molecule has 0 saturated heterocycles. The average molecular weight is 338 g/mol. The second kappa shape index (κ2) is 7.97. The minimum absolute atomic E-state index is 0.116. The predicted octanol–water partition coefficient (Wildman–Crippen LogP) is 3.47. The van der Waals surface area contributed by atoms with Crippen LogP contribution in [0.4, 0.5) is 0 Å². The van der Waals surface area contributed by atoms with Gasteiger partial charge in [0.1, 0.15) is 0 Å². The highest BCUT2D eigenvalue weighted by molar-refractivity contribution is 5.97. The van der Waals surface area contributed by atoms with Gasteiger partial charge in [0.25, 0.3) is 11.8 Å². The number of aryl methyl sites for hydroxylation is 4. The van der Waals surface area contributed by atoms with Gasteiger partial charge in [-0.1, -0.05) is 35.4 Å². The van der Waals surface area contributed by atoms with Crippen LogP contribution in [0, 0.1) is 27.7 Å². The van der Waals surface area contributed by atoms with Gasteiger partial charge in [-0.15, -0.1) is 0 Å². The summed E-state index contributed by atoms with van der Waals surface area (Å²) in [6.07, 6.45) is 0. The van der Waals surface area contributed by atoms with E-state index in [1.807, 2.05) is 71.0 Å². The molecule has 0 fully saturated rings. The molecular weight excluding hydrogens is 312 g/mol. The monoisotopic (exact) mass is 338 g/mol. The van der Waals surface area contributed by atoms with Crippen LogP contribution in [0.15, 0.2) is 36.4 Å². The number of benzene rings is 2. The number of carbonyl (C=O) groups excluding carboxylic acids is 2. The molecule has 4 heteroatoms. The van der Waals surface area contributed by atoms with Crippen molar-refractivity contribution in [2.24, 2.45) is 0 Å². The van der Waals surface area contributed by atoms with Gasteiger partial charge in [-0.2, -0.15) is 0 Å². The molecule has 0 aliphatic heterocycles. The van der Waals surface area contributed by atoms with Gasteiger partial charge in [0.15, 0.2) is 0 Å². The van der Waals surface area contributed by atoms with Gasteiger partial charge >= 0.3 is 0 Å². The van der Waals surface area contributed by atoms with Gasteiger partial charge in [-0.05, 0) is 57.9 Å². The van der Waals surface area contributed by atoms with Crippen molar-refractivity contribution in [3.05, 3.63) is 69.8 Å². The molecule has 2 aromatic rings. The molecule has 0 unspecified atom stereocenters. The highest BCUT2D eigenvalue weighted by Gasteiger charge is 2.14. The van der Waals surface area contributed by atoms with Crippen LogP contribution < -0.4 is 10.6 Å². The van der Waals surface area contributed by atoms with Crippen molar-refractivity contribution in [1.29, 1.82) is 0 Å². The SMILES string of the molecule is Cc1ccc(C)c(C(=O)NC[C@@H](C)NC(=O)c2cc(C)ccc2C)c1. The van der Waals surface area contributed by atoms with Gasteiger partial charge in [0.05, 0.1) is 0 Å². The number of hydrogen-bond acceptors (Lipinski definition) is 2. The van der Waals surface area contributed by atoms with Crippen molar-refractivity contribution in [2.45, 2.75) is 40.7 Å². The lowest BCUT2D eigenvalue weighted by Crippen LogP contribution is -2.42. The van der Waals surface area contributed by atoms with Crippen LogP contribution in [-0.4, -0.2) is 24.4 Å². The highest BCUT2D eigenvalue weighted by atomic mass is 16.2. The van der Waals surface area contributed by atoms with Gasteiger partial charge in [-0.25, -0.2) is 0 Å². The molecule has 25 heavy (non-hydrogen) atoms. The zero-order chi connectivity index (χ0) is 18.6. The first-order valence-corrected chi connectivity index (χ1v) is 8.51. The fourth-order valence-corrected chi connectivity index (χ4v) is 2.65. The Kier molecular flexibility index (Phi) is 5.97. The maximum absolute atomic E-state index is 12.4. The Bertz CT molecular complexity index is 796. The second-order valence-corrected chi connectivity index (χ2v) is 6.72. The highest BCUT2D eigenvalue weighted by Crippen LogP contribution is 2.11. The van der Waals surface area contributed by atoms with Gasteiger partial charge in [0.2, 0.25) is 0 Å². The maximum atomic E-state index is 12.4. The van der Waals surface area contributed by atoms with Crippen LogP contribution in [0.5, 0.6) is 0 Å². The molecule has 132 valence electrons. The van der Waals surface area contributed by atoms with Crippen LogP contribution in [0.3, 0.4) is 0 Å². The predicted molar refractivity (Wildman–Crippen MR) is 101 cm³/mol. The van der Waals surface area contributed by atoms with E-state index in [0.717, 1.165) is 22.3 Å². The Morgan fingerprint density at radius 2 is 1.32 bits per heavy atom. The summed E-state index contributed by atoms with van der Waals surface area (Å²) in [4.78, 5) is 24.8. The molecule has 0 heterocycles. The topological polar surface area (TPSA) is 58.2 Å². The van der Waals surface area contributed by atoms with E-state index in [4.69, 9.17) is 0 Å². The molecule has 2 rings (SSSR count). The minimum atomic E-state index is -0.165. The summed E-state index contributed by atoms with van der Waals surface area (Å²) < 4.78 is 0. The van der Waals surface area contributed by atoms with Gasteiger partial charge in [0, 0.05) is 23.7 Å². The van der Waals surface area contributed by atoms with Crippen LogP contribution in [0.1, 0.15) is 49.9 Å². The molecule has 4 nitrogen and oxygen atoms in total. The Balaban J connectivity index is 1.95. The zero-order valence-corrected chi connectivity index (χ0v) is 15.6. The van der Waals surface area contributed by atoms with Gasteiger partial charge < -0.3 is 10.6 Å². The van der Waals surface area contributed by atoms with Crippen molar-refractivity contribution in [3.8, 4) is 0 Å². The van der Waals surface area contributed by atoms with Crippen molar-refractivity contribution in [1.82, 2.24) is 10.6 Å². The normalized spacial score (nSPS) is 11.7. The number of amides is 2. The third kappa shape index (κ3) is 4.92. The summed E-state index contributed by atoms with van der Waals surface area (Å²) >= 11 is 0. The Labute approximate surface area is 149 Å². The van der Waals surface area contributed by atoms with Crippen LogP contribution >= 0.6 is 0 Å². The van der Waals surface area contributed by atoms with E-state index in [0.29, 0.717) is 17.7 Å². The summed E-state index contributed by atoms with van der Waals surface area (Å²) in [5.41, 5.74) is 5.32. The molecule has 0 bridgehead atoms.